The van der Waals surface area contributed by atoms with E-state index in [1.54, 1.807) is 6.33 Å². The van der Waals surface area contributed by atoms with Gasteiger partial charge in [0.1, 0.15) is 18.0 Å². The minimum atomic E-state index is 0.356. The van der Waals surface area contributed by atoms with Crippen LogP contribution in [0.3, 0.4) is 0 Å². The van der Waals surface area contributed by atoms with E-state index >= 15 is 0 Å². The average molecular weight is 289 g/mol. The number of nitrogens with zero attached hydrogens (tertiary/aromatic N) is 3. The first-order valence-electron chi connectivity index (χ1n) is 8.22. The Balaban J connectivity index is 1.81. The topological polar surface area (TPSA) is 67.1 Å². The highest BCUT2D eigenvalue weighted by Gasteiger charge is 2.37. The Morgan fingerprint density at radius 3 is 2.38 bits per heavy atom. The van der Waals surface area contributed by atoms with E-state index in [1.807, 2.05) is 0 Å². The standard InChI is InChI=1S/C16H27N5/c1-12(2)13-14(20-17)18-11-19-15(13)21-9-7-16(8-10-21)5-3-4-6-16/h11-12H,3-10,17H2,1-2H3,(H,18,19,20). The summed E-state index contributed by atoms with van der Waals surface area (Å²) in [6.07, 6.45) is 9.93. The highest BCUT2D eigenvalue weighted by Crippen LogP contribution is 2.47. The van der Waals surface area contributed by atoms with Crippen LogP contribution in [0.15, 0.2) is 6.33 Å². The van der Waals surface area contributed by atoms with E-state index in [9.17, 15) is 0 Å². The lowest BCUT2D eigenvalue weighted by Gasteiger charge is -2.40. The smallest absolute Gasteiger partial charge is 0.148 e. The Hall–Kier alpha value is -1.36. The Morgan fingerprint density at radius 2 is 1.81 bits per heavy atom. The summed E-state index contributed by atoms with van der Waals surface area (Å²) >= 11 is 0. The molecule has 0 atom stereocenters. The zero-order valence-corrected chi connectivity index (χ0v) is 13.2. The van der Waals surface area contributed by atoms with Gasteiger partial charge in [-0.05, 0) is 37.0 Å². The summed E-state index contributed by atoms with van der Waals surface area (Å²) in [5, 5.41) is 0. The molecule has 5 nitrogen and oxygen atoms in total. The van der Waals surface area contributed by atoms with E-state index in [4.69, 9.17) is 5.84 Å². The Morgan fingerprint density at radius 1 is 1.14 bits per heavy atom. The number of nitrogens with two attached hydrogens (primary N) is 1. The molecule has 116 valence electrons. The van der Waals surface area contributed by atoms with E-state index in [-0.39, 0.29) is 0 Å². The minimum absolute atomic E-state index is 0.356. The van der Waals surface area contributed by atoms with E-state index in [0.29, 0.717) is 11.3 Å². The van der Waals surface area contributed by atoms with E-state index < -0.39 is 0 Å². The second kappa shape index (κ2) is 5.79. The molecule has 3 rings (SSSR count). The summed E-state index contributed by atoms with van der Waals surface area (Å²) in [4.78, 5) is 11.3. The molecule has 0 radical (unpaired) electrons. The number of nitrogens with one attached hydrogen (secondary N) is 1. The van der Waals surface area contributed by atoms with Crippen LogP contribution in [0.1, 0.15) is 63.9 Å². The first-order valence-corrected chi connectivity index (χ1v) is 8.22. The number of aromatic nitrogens is 2. The molecule has 1 aliphatic carbocycles. The van der Waals surface area contributed by atoms with Gasteiger partial charge >= 0.3 is 0 Å². The van der Waals surface area contributed by atoms with Crippen molar-refractivity contribution in [3.05, 3.63) is 11.9 Å². The van der Waals surface area contributed by atoms with Gasteiger partial charge in [0.2, 0.25) is 0 Å². The molecule has 1 saturated heterocycles. The molecule has 0 unspecified atom stereocenters. The monoisotopic (exact) mass is 289 g/mol. The Bertz CT molecular complexity index is 483. The SMILES string of the molecule is CC(C)c1c(NN)ncnc1N1CCC2(CCCC2)CC1. The van der Waals surface area contributed by atoms with Crippen molar-refractivity contribution < 1.29 is 0 Å². The van der Waals surface area contributed by atoms with Gasteiger partial charge in [0.05, 0.1) is 0 Å². The lowest BCUT2D eigenvalue weighted by atomic mass is 9.77. The van der Waals surface area contributed by atoms with Crippen LogP contribution in [0.4, 0.5) is 11.6 Å². The molecule has 1 aromatic heterocycles. The van der Waals surface area contributed by atoms with E-state index in [0.717, 1.165) is 30.3 Å². The third-order valence-corrected chi connectivity index (χ3v) is 5.36. The summed E-state index contributed by atoms with van der Waals surface area (Å²) < 4.78 is 0. The molecule has 2 fully saturated rings. The van der Waals surface area contributed by atoms with Crippen LogP contribution in [0.25, 0.3) is 0 Å². The fourth-order valence-electron chi connectivity index (χ4n) is 4.10. The van der Waals surface area contributed by atoms with Gasteiger partial charge in [-0.1, -0.05) is 26.7 Å². The normalized spacial score (nSPS) is 21.2. The van der Waals surface area contributed by atoms with Gasteiger partial charge in [0, 0.05) is 18.7 Å². The molecule has 0 aromatic carbocycles. The quantitative estimate of drug-likeness (QED) is 0.661. The average Bonchev–Trinajstić information content (AvgIpc) is 2.95. The van der Waals surface area contributed by atoms with Crippen LogP contribution in [0.2, 0.25) is 0 Å². The van der Waals surface area contributed by atoms with Crippen molar-refractivity contribution in [3.63, 3.8) is 0 Å². The number of hydrazine groups is 1. The maximum Gasteiger partial charge on any atom is 0.148 e. The zero-order chi connectivity index (χ0) is 14.9. The Labute approximate surface area is 127 Å². The van der Waals surface area contributed by atoms with Crippen molar-refractivity contribution in [2.24, 2.45) is 11.3 Å². The molecule has 0 bridgehead atoms. The minimum Gasteiger partial charge on any atom is -0.356 e. The molecule has 1 aliphatic heterocycles. The van der Waals surface area contributed by atoms with Crippen LogP contribution >= 0.6 is 0 Å². The second-order valence-corrected chi connectivity index (χ2v) is 6.95. The fraction of sp³-hybridized carbons (Fsp3) is 0.750. The van der Waals surface area contributed by atoms with Crippen molar-refractivity contribution in [2.75, 3.05) is 23.4 Å². The third-order valence-electron chi connectivity index (χ3n) is 5.36. The number of hydrogen-bond donors (Lipinski definition) is 2. The van der Waals surface area contributed by atoms with Gasteiger partial charge in [-0.2, -0.15) is 0 Å². The molecular weight excluding hydrogens is 262 g/mol. The van der Waals surface area contributed by atoms with Gasteiger partial charge < -0.3 is 10.3 Å². The van der Waals surface area contributed by atoms with Gasteiger partial charge in [-0.15, -0.1) is 0 Å². The molecule has 3 N–H and O–H groups in total. The summed E-state index contributed by atoms with van der Waals surface area (Å²) in [5.74, 6) is 7.81. The number of anilines is 2. The predicted octanol–water partition coefficient (Wildman–Crippen LogP) is 3.05. The number of hydrogen-bond acceptors (Lipinski definition) is 5. The maximum absolute atomic E-state index is 5.62. The highest BCUT2D eigenvalue weighted by molar-refractivity contribution is 5.60. The van der Waals surface area contributed by atoms with Crippen LogP contribution in [0, 0.1) is 5.41 Å². The third kappa shape index (κ3) is 2.71. The molecule has 1 saturated carbocycles. The second-order valence-electron chi connectivity index (χ2n) is 6.95. The molecular formula is C16H27N5. The van der Waals surface area contributed by atoms with Gasteiger partial charge in [0.25, 0.3) is 0 Å². The van der Waals surface area contributed by atoms with Crippen LogP contribution in [-0.2, 0) is 0 Å². The maximum atomic E-state index is 5.62. The zero-order valence-electron chi connectivity index (χ0n) is 13.2. The molecule has 2 aliphatic rings. The lowest BCUT2D eigenvalue weighted by molar-refractivity contribution is 0.226. The van der Waals surface area contributed by atoms with E-state index in [2.05, 4.69) is 34.1 Å². The molecule has 1 spiro atoms. The van der Waals surface area contributed by atoms with Crippen molar-refractivity contribution >= 4 is 11.6 Å². The molecule has 1 aromatic rings. The number of piperidine rings is 1. The number of rotatable bonds is 3. The summed E-state index contributed by atoms with van der Waals surface area (Å²) in [5.41, 5.74) is 4.50. The largest absolute Gasteiger partial charge is 0.356 e. The van der Waals surface area contributed by atoms with Crippen LogP contribution in [0.5, 0.6) is 0 Å². The Kier molecular flexibility index (Phi) is 4.02. The summed E-state index contributed by atoms with van der Waals surface area (Å²) in [7, 11) is 0. The van der Waals surface area contributed by atoms with Gasteiger partial charge in [-0.25, -0.2) is 15.8 Å². The predicted molar refractivity (Wildman–Crippen MR) is 86.3 cm³/mol. The molecule has 21 heavy (non-hydrogen) atoms. The number of nitrogen functional groups attached to an aromatic ring is 1. The van der Waals surface area contributed by atoms with Crippen LogP contribution < -0.4 is 16.2 Å². The van der Waals surface area contributed by atoms with E-state index in [1.165, 1.54) is 38.5 Å². The fourth-order valence-corrected chi connectivity index (χ4v) is 4.10. The van der Waals surface area contributed by atoms with Gasteiger partial charge in [0.15, 0.2) is 0 Å². The van der Waals surface area contributed by atoms with Crippen molar-refractivity contribution in [1.29, 1.82) is 0 Å². The van der Waals surface area contributed by atoms with Crippen molar-refractivity contribution in [3.8, 4) is 0 Å². The first kappa shape index (κ1) is 14.6. The molecule has 5 heteroatoms. The lowest BCUT2D eigenvalue weighted by Crippen LogP contribution is -2.40. The van der Waals surface area contributed by atoms with Gasteiger partial charge in [-0.3, -0.25) is 0 Å². The van der Waals surface area contributed by atoms with Crippen molar-refractivity contribution in [2.45, 2.75) is 58.3 Å². The van der Waals surface area contributed by atoms with Crippen LogP contribution in [-0.4, -0.2) is 23.1 Å². The molecule has 0 amide bonds. The first-order chi connectivity index (χ1) is 10.2. The molecule has 2 heterocycles. The highest BCUT2D eigenvalue weighted by atomic mass is 15.3. The summed E-state index contributed by atoms with van der Waals surface area (Å²) in [6.45, 7) is 6.57. The van der Waals surface area contributed by atoms with Crippen molar-refractivity contribution in [1.82, 2.24) is 9.97 Å². The summed E-state index contributed by atoms with van der Waals surface area (Å²) in [6, 6.07) is 0.